The zero-order valence-electron chi connectivity index (χ0n) is 17.3. The third-order valence-corrected chi connectivity index (χ3v) is 5.90. The molecule has 2 aromatic heterocycles. The molecule has 2 aliphatic heterocycles. The highest BCUT2D eigenvalue weighted by Crippen LogP contribution is 2.33. The molecule has 2 saturated heterocycles. The van der Waals surface area contributed by atoms with Gasteiger partial charge in [-0.2, -0.15) is 4.98 Å². The molecule has 5 N–H and O–H groups in total. The van der Waals surface area contributed by atoms with Crippen LogP contribution in [0, 0.1) is 12.8 Å². The van der Waals surface area contributed by atoms with E-state index in [9.17, 15) is 4.79 Å². The summed E-state index contributed by atoms with van der Waals surface area (Å²) in [4.78, 5) is 27.9. The molecule has 2 aliphatic rings. The maximum absolute atomic E-state index is 12.5. The number of rotatable bonds is 4. The zero-order chi connectivity index (χ0) is 21.1. The minimum absolute atomic E-state index is 0.0747. The molecule has 4 heterocycles. The van der Waals surface area contributed by atoms with E-state index in [1.165, 1.54) is 0 Å². The Labute approximate surface area is 176 Å². The SMILES string of the molecule is Cc1nc(N)nc(N2CCC(NC(=O)C3CCOCC3)CC2)c1-c1ccc(N)nc1. The Bertz CT molecular complexity index is 889. The lowest BCUT2D eigenvalue weighted by atomic mass is 9.97. The van der Waals surface area contributed by atoms with Crippen LogP contribution in [0.15, 0.2) is 18.3 Å². The number of amides is 1. The van der Waals surface area contributed by atoms with Crippen molar-refractivity contribution in [3.63, 3.8) is 0 Å². The first-order valence-corrected chi connectivity index (χ1v) is 10.5. The van der Waals surface area contributed by atoms with Gasteiger partial charge in [0.05, 0.1) is 5.69 Å². The predicted octanol–water partition coefficient (Wildman–Crippen LogP) is 1.52. The highest BCUT2D eigenvalue weighted by Gasteiger charge is 2.28. The van der Waals surface area contributed by atoms with E-state index in [1.54, 1.807) is 12.3 Å². The summed E-state index contributed by atoms with van der Waals surface area (Å²) >= 11 is 0. The van der Waals surface area contributed by atoms with Crippen LogP contribution in [0.1, 0.15) is 31.4 Å². The Hall–Kier alpha value is -2.94. The number of aromatic nitrogens is 3. The Morgan fingerprint density at radius 2 is 1.87 bits per heavy atom. The molecule has 2 aromatic rings. The van der Waals surface area contributed by atoms with E-state index in [2.05, 4.69) is 25.2 Å². The number of carbonyl (C=O) groups is 1. The van der Waals surface area contributed by atoms with Crippen LogP contribution in [-0.4, -0.2) is 53.2 Å². The number of ether oxygens (including phenoxy) is 1. The first-order valence-electron chi connectivity index (χ1n) is 10.5. The summed E-state index contributed by atoms with van der Waals surface area (Å²) in [5.74, 6) is 1.76. The lowest BCUT2D eigenvalue weighted by Crippen LogP contribution is -2.47. The monoisotopic (exact) mass is 411 g/mol. The zero-order valence-corrected chi connectivity index (χ0v) is 17.3. The van der Waals surface area contributed by atoms with Gasteiger partial charge >= 0.3 is 0 Å². The molecule has 0 aromatic carbocycles. The highest BCUT2D eigenvalue weighted by atomic mass is 16.5. The third kappa shape index (κ3) is 4.46. The maximum Gasteiger partial charge on any atom is 0.223 e. The number of aryl methyl sites for hydroxylation is 1. The van der Waals surface area contributed by atoms with Gasteiger partial charge in [-0.15, -0.1) is 0 Å². The maximum atomic E-state index is 12.5. The molecule has 9 nitrogen and oxygen atoms in total. The molecule has 1 amide bonds. The summed E-state index contributed by atoms with van der Waals surface area (Å²) < 4.78 is 5.36. The molecule has 0 spiro atoms. The van der Waals surface area contributed by atoms with Gasteiger partial charge in [-0.1, -0.05) is 0 Å². The first kappa shape index (κ1) is 20.3. The average molecular weight is 412 g/mol. The third-order valence-electron chi connectivity index (χ3n) is 5.90. The van der Waals surface area contributed by atoms with Gasteiger partial charge in [0, 0.05) is 55.6 Å². The Morgan fingerprint density at radius 3 is 2.53 bits per heavy atom. The van der Waals surface area contributed by atoms with E-state index in [0.29, 0.717) is 19.0 Å². The van der Waals surface area contributed by atoms with Gasteiger partial charge in [-0.3, -0.25) is 4.79 Å². The van der Waals surface area contributed by atoms with Crippen LogP contribution in [0.4, 0.5) is 17.6 Å². The van der Waals surface area contributed by atoms with E-state index in [1.807, 2.05) is 13.0 Å². The predicted molar refractivity (Wildman–Crippen MR) is 116 cm³/mol. The van der Waals surface area contributed by atoms with Gasteiger partial charge in [-0.25, -0.2) is 9.97 Å². The quantitative estimate of drug-likeness (QED) is 0.690. The van der Waals surface area contributed by atoms with Gasteiger partial charge in [-0.05, 0) is 44.7 Å². The fourth-order valence-electron chi connectivity index (χ4n) is 4.21. The Kier molecular flexibility index (Phi) is 5.98. The lowest BCUT2D eigenvalue weighted by Gasteiger charge is -2.35. The minimum atomic E-state index is 0.0747. The van der Waals surface area contributed by atoms with E-state index >= 15 is 0 Å². The second kappa shape index (κ2) is 8.83. The second-order valence-electron chi connectivity index (χ2n) is 7.99. The Morgan fingerprint density at radius 1 is 1.13 bits per heavy atom. The van der Waals surface area contributed by atoms with Crippen LogP contribution in [-0.2, 0) is 9.53 Å². The summed E-state index contributed by atoms with van der Waals surface area (Å²) in [6, 6.07) is 3.88. The van der Waals surface area contributed by atoms with E-state index in [-0.39, 0.29) is 23.8 Å². The first-order chi connectivity index (χ1) is 14.5. The molecule has 0 bridgehead atoms. The van der Waals surface area contributed by atoms with Crippen LogP contribution in [0.2, 0.25) is 0 Å². The van der Waals surface area contributed by atoms with Crippen molar-refractivity contribution in [3.05, 3.63) is 24.0 Å². The van der Waals surface area contributed by atoms with E-state index < -0.39 is 0 Å². The molecule has 30 heavy (non-hydrogen) atoms. The molecule has 0 atom stereocenters. The number of nitrogens with two attached hydrogens (primary N) is 2. The molecule has 0 unspecified atom stereocenters. The number of hydrogen-bond donors (Lipinski definition) is 3. The summed E-state index contributed by atoms with van der Waals surface area (Å²) in [5, 5.41) is 3.23. The number of nitrogens with one attached hydrogen (secondary N) is 1. The van der Waals surface area contributed by atoms with Crippen molar-refractivity contribution in [2.24, 2.45) is 5.92 Å². The van der Waals surface area contributed by atoms with Gasteiger partial charge in [0.15, 0.2) is 0 Å². The highest BCUT2D eigenvalue weighted by molar-refractivity contribution is 5.80. The fourth-order valence-corrected chi connectivity index (χ4v) is 4.21. The normalized spacial score (nSPS) is 18.4. The van der Waals surface area contributed by atoms with Crippen LogP contribution in [0.3, 0.4) is 0 Å². The average Bonchev–Trinajstić information content (AvgIpc) is 2.75. The van der Waals surface area contributed by atoms with Crippen LogP contribution in [0.5, 0.6) is 0 Å². The van der Waals surface area contributed by atoms with Crippen molar-refractivity contribution in [1.82, 2.24) is 20.3 Å². The summed E-state index contributed by atoms with van der Waals surface area (Å²) in [7, 11) is 0. The number of carbonyl (C=O) groups excluding carboxylic acids is 1. The van der Waals surface area contributed by atoms with Gasteiger partial charge < -0.3 is 26.4 Å². The van der Waals surface area contributed by atoms with Crippen molar-refractivity contribution in [2.75, 3.05) is 42.7 Å². The molecule has 4 rings (SSSR count). The van der Waals surface area contributed by atoms with Crippen molar-refractivity contribution in [2.45, 2.75) is 38.6 Å². The number of hydrogen-bond acceptors (Lipinski definition) is 8. The molecule has 2 fully saturated rings. The Balaban J connectivity index is 1.46. The van der Waals surface area contributed by atoms with Crippen molar-refractivity contribution in [1.29, 1.82) is 0 Å². The second-order valence-corrected chi connectivity index (χ2v) is 7.99. The standard InChI is InChI=1S/C21H29N7O2/c1-13-18(15-2-3-17(22)24-12-15)19(27-21(23)25-13)28-8-4-16(5-9-28)26-20(29)14-6-10-30-11-7-14/h2-3,12,14,16H,4-11H2,1H3,(H2,22,24)(H,26,29)(H2,23,25,27). The summed E-state index contributed by atoms with van der Waals surface area (Å²) in [6.07, 6.45) is 5.07. The lowest BCUT2D eigenvalue weighted by molar-refractivity contribution is -0.128. The fraction of sp³-hybridized carbons (Fsp3) is 0.524. The van der Waals surface area contributed by atoms with Crippen LogP contribution < -0.4 is 21.7 Å². The van der Waals surface area contributed by atoms with Gasteiger partial charge in [0.25, 0.3) is 0 Å². The molecule has 0 saturated carbocycles. The van der Waals surface area contributed by atoms with Crippen molar-refractivity contribution < 1.29 is 9.53 Å². The van der Waals surface area contributed by atoms with E-state index in [4.69, 9.17) is 16.2 Å². The van der Waals surface area contributed by atoms with Crippen molar-refractivity contribution >= 4 is 23.5 Å². The largest absolute Gasteiger partial charge is 0.384 e. The summed E-state index contributed by atoms with van der Waals surface area (Å²) in [5.41, 5.74) is 14.3. The molecular formula is C21H29N7O2. The number of nitrogens with zero attached hydrogens (tertiary/aromatic N) is 4. The number of pyridine rings is 1. The topological polar surface area (TPSA) is 132 Å². The molecule has 160 valence electrons. The molecule has 9 heteroatoms. The van der Waals surface area contributed by atoms with Gasteiger partial charge in [0.1, 0.15) is 11.6 Å². The van der Waals surface area contributed by atoms with E-state index in [0.717, 1.165) is 61.4 Å². The smallest absolute Gasteiger partial charge is 0.223 e. The van der Waals surface area contributed by atoms with Crippen LogP contribution in [0.25, 0.3) is 11.1 Å². The number of piperidine rings is 1. The minimum Gasteiger partial charge on any atom is -0.384 e. The van der Waals surface area contributed by atoms with Crippen molar-refractivity contribution in [3.8, 4) is 11.1 Å². The number of nitrogen functional groups attached to an aromatic ring is 2. The van der Waals surface area contributed by atoms with Crippen LogP contribution >= 0.6 is 0 Å². The molecule has 0 aliphatic carbocycles. The molecule has 0 radical (unpaired) electrons. The molecular weight excluding hydrogens is 382 g/mol. The van der Waals surface area contributed by atoms with Gasteiger partial charge in [0.2, 0.25) is 11.9 Å². The number of anilines is 3. The summed E-state index contributed by atoms with van der Waals surface area (Å²) in [6.45, 7) is 4.84.